The summed E-state index contributed by atoms with van der Waals surface area (Å²) in [5.74, 6) is 1.77. The maximum absolute atomic E-state index is 5.94. The molecular weight excluding hydrogens is 361 g/mol. The summed E-state index contributed by atoms with van der Waals surface area (Å²) >= 11 is 2.29. The molecule has 0 fully saturated rings. The second kappa shape index (κ2) is 7.64. The standard InChI is InChI=1S/C17H20INO/c1-3-17(19-4-2)13-7-5-9-15(11-13)20-16-10-6-8-14(18)12-16/h5-12,17,19H,3-4H2,1-2H3. The van der Waals surface area contributed by atoms with Crippen molar-refractivity contribution in [3.05, 3.63) is 57.7 Å². The van der Waals surface area contributed by atoms with Crippen molar-refractivity contribution in [2.75, 3.05) is 6.54 Å². The van der Waals surface area contributed by atoms with Gasteiger partial charge in [-0.3, -0.25) is 0 Å². The molecular formula is C17H20INO. The fourth-order valence-corrected chi connectivity index (χ4v) is 2.72. The van der Waals surface area contributed by atoms with E-state index in [1.165, 1.54) is 9.13 Å². The quantitative estimate of drug-likeness (QED) is 0.700. The van der Waals surface area contributed by atoms with Crippen LogP contribution in [0.25, 0.3) is 0 Å². The van der Waals surface area contributed by atoms with Gasteiger partial charge < -0.3 is 10.1 Å². The zero-order valence-corrected chi connectivity index (χ0v) is 14.1. The van der Waals surface area contributed by atoms with Crippen molar-refractivity contribution in [3.8, 4) is 11.5 Å². The molecule has 0 amide bonds. The van der Waals surface area contributed by atoms with E-state index in [1.54, 1.807) is 0 Å². The number of nitrogens with one attached hydrogen (secondary N) is 1. The van der Waals surface area contributed by atoms with Crippen LogP contribution in [-0.4, -0.2) is 6.54 Å². The largest absolute Gasteiger partial charge is 0.457 e. The van der Waals surface area contributed by atoms with Crippen molar-refractivity contribution in [1.29, 1.82) is 0 Å². The zero-order valence-electron chi connectivity index (χ0n) is 11.9. The third-order valence-corrected chi connectivity index (χ3v) is 3.82. The lowest BCUT2D eigenvalue weighted by molar-refractivity contribution is 0.477. The van der Waals surface area contributed by atoms with Crippen LogP contribution >= 0.6 is 22.6 Å². The Balaban J connectivity index is 2.17. The van der Waals surface area contributed by atoms with E-state index in [0.29, 0.717) is 6.04 Å². The van der Waals surface area contributed by atoms with Crippen molar-refractivity contribution in [1.82, 2.24) is 5.32 Å². The fraction of sp³-hybridized carbons (Fsp3) is 0.294. The Bertz CT molecular complexity index is 556. The van der Waals surface area contributed by atoms with Gasteiger partial charge in [-0.15, -0.1) is 0 Å². The molecule has 2 aromatic carbocycles. The van der Waals surface area contributed by atoms with E-state index in [-0.39, 0.29) is 0 Å². The molecule has 106 valence electrons. The molecule has 0 bridgehead atoms. The first kappa shape index (κ1) is 15.3. The number of benzene rings is 2. The Morgan fingerprint density at radius 3 is 2.40 bits per heavy atom. The molecule has 0 saturated carbocycles. The fourth-order valence-electron chi connectivity index (χ4n) is 2.21. The molecule has 0 aliphatic heterocycles. The minimum absolute atomic E-state index is 0.388. The zero-order chi connectivity index (χ0) is 14.4. The molecule has 2 nitrogen and oxygen atoms in total. The summed E-state index contributed by atoms with van der Waals surface area (Å²) in [5.41, 5.74) is 1.28. The number of hydrogen-bond donors (Lipinski definition) is 1. The van der Waals surface area contributed by atoms with Crippen LogP contribution in [0.1, 0.15) is 31.9 Å². The van der Waals surface area contributed by atoms with E-state index in [4.69, 9.17) is 4.74 Å². The Labute approximate surface area is 134 Å². The average Bonchev–Trinajstić information content (AvgIpc) is 2.45. The highest BCUT2D eigenvalue weighted by Crippen LogP contribution is 2.26. The van der Waals surface area contributed by atoms with Gasteiger partial charge in [0.2, 0.25) is 0 Å². The Hall–Kier alpha value is -1.07. The second-order valence-corrected chi connectivity index (χ2v) is 5.90. The molecule has 1 unspecified atom stereocenters. The third kappa shape index (κ3) is 4.21. The number of ether oxygens (including phenoxy) is 1. The normalized spacial score (nSPS) is 12.2. The van der Waals surface area contributed by atoms with Crippen molar-refractivity contribution < 1.29 is 4.74 Å². The first-order valence-electron chi connectivity index (χ1n) is 6.99. The summed E-state index contributed by atoms with van der Waals surface area (Å²) in [6.07, 6.45) is 1.07. The molecule has 1 atom stereocenters. The van der Waals surface area contributed by atoms with Gasteiger partial charge in [-0.1, -0.05) is 32.0 Å². The topological polar surface area (TPSA) is 21.3 Å². The molecule has 1 N–H and O–H groups in total. The Morgan fingerprint density at radius 1 is 1.05 bits per heavy atom. The molecule has 2 rings (SSSR count). The van der Waals surface area contributed by atoms with Crippen LogP contribution in [0.3, 0.4) is 0 Å². The van der Waals surface area contributed by atoms with E-state index in [2.05, 4.69) is 66.0 Å². The van der Waals surface area contributed by atoms with E-state index in [1.807, 2.05) is 24.3 Å². The second-order valence-electron chi connectivity index (χ2n) is 4.65. The van der Waals surface area contributed by atoms with Crippen LogP contribution in [0.5, 0.6) is 11.5 Å². The van der Waals surface area contributed by atoms with Crippen LogP contribution in [0.2, 0.25) is 0 Å². The molecule has 0 aliphatic rings. The van der Waals surface area contributed by atoms with Gasteiger partial charge in [0.1, 0.15) is 11.5 Å². The minimum Gasteiger partial charge on any atom is -0.457 e. The monoisotopic (exact) mass is 381 g/mol. The summed E-state index contributed by atoms with van der Waals surface area (Å²) in [5, 5.41) is 3.49. The maximum atomic E-state index is 5.94. The van der Waals surface area contributed by atoms with E-state index < -0.39 is 0 Å². The minimum atomic E-state index is 0.388. The third-order valence-electron chi connectivity index (χ3n) is 3.15. The first-order chi connectivity index (χ1) is 9.72. The number of halogens is 1. The van der Waals surface area contributed by atoms with Crippen LogP contribution in [-0.2, 0) is 0 Å². The smallest absolute Gasteiger partial charge is 0.128 e. The molecule has 3 heteroatoms. The molecule has 20 heavy (non-hydrogen) atoms. The predicted molar refractivity (Wildman–Crippen MR) is 92.4 cm³/mol. The van der Waals surface area contributed by atoms with Gasteiger partial charge in [0, 0.05) is 9.61 Å². The van der Waals surface area contributed by atoms with Gasteiger partial charge >= 0.3 is 0 Å². The molecule has 0 aliphatic carbocycles. The van der Waals surface area contributed by atoms with E-state index in [0.717, 1.165) is 24.5 Å². The van der Waals surface area contributed by atoms with Crippen LogP contribution in [0.15, 0.2) is 48.5 Å². The van der Waals surface area contributed by atoms with Crippen LogP contribution in [0, 0.1) is 3.57 Å². The van der Waals surface area contributed by atoms with E-state index in [9.17, 15) is 0 Å². The predicted octanol–water partition coefficient (Wildman–Crippen LogP) is 5.14. The van der Waals surface area contributed by atoms with Crippen molar-refractivity contribution >= 4 is 22.6 Å². The maximum Gasteiger partial charge on any atom is 0.128 e. The summed E-state index contributed by atoms with van der Waals surface area (Å²) in [7, 11) is 0. The summed E-state index contributed by atoms with van der Waals surface area (Å²) in [4.78, 5) is 0. The van der Waals surface area contributed by atoms with Gasteiger partial charge in [0.05, 0.1) is 0 Å². The summed E-state index contributed by atoms with van der Waals surface area (Å²) in [6, 6.07) is 16.8. The van der Waals surface area contributed by atoms with Crippen molar-refractivity contribution in [2.24, 2.45) is 0 Å². The molecule has 2 aromatic rings. The van der Waals surface area contributed by atoms with Crippen molar-refractivity contribution in [2.45, 2.75) is 26.3 Å². The van der Waals surface area contributed by atoms with Gasteiger partial charge in [0.25, 0.3) is 0 Å². The molecule has 0 aromatic heterocycles. The molecule has 0 heterocycles. The summed E-state index contributed by atoms with van der Waals surface area (Å²) < 4.78 is 7.12. The van der Waals surface area contributed by atoms with Gasteiger partial charge in [-0.25, -0.2) is 0 Å². The SMILES string of the molecule is CCNC(CC)c1cccc(Oc2cccc(I)c2)c1. The molecule has 0 spiro atoms. The highest BCUT2D eigenvalue weighted by molar-refractivity contribution is 14.1. The van der Waals surface area contributed by atoms with Crippen LogP contribution < -0.4 is 10.1 Å². The lowest BCUT2D eigenvalue weighted by Crippen LogP contribution is -2.19. The van der Waals surface area contributed by atoms with Crippen molar-refractivity contribution in [3.63, 3.8) is 0 Å². The van der Waals surface area contributed by atoms with Gasteiger partial charge in [0.15, 0.2) is 0 Å². The highest BCUT2D eigenvalue weighted by atomic mass is 127. The molecule has 0 radical (unpaired) electrons. The Kier molecular flexibility index (Phi) is 5.86. The summed E-state index contributed by atoms with van der Waals surface area (Å²) in [6.45, 7) is 5.30. The molecule has 0 saturated heterocycles. The van der Waals surface area contributed by atoms with Gasteiger partial charge in [-0.05, 0) is 71.5 Å². The lowest BCUT2D eigenvalue weighted by atomic mass is 10.0. The average molecular weight is 381 g/mol. The van der Waals surface area contributed by atoms with Crippen LogP contribution in [0.4, 0.5) is 0 Å². The lowest BCUT2D eigenvalue weighted by Gasteiger charge is -2.17. The Morgan fingerprint density at radius 2 is 1.75 bits per heavy atom. The highest BCUT2D eigenvalue weighted by Gasteiger charge is 2.08. The van der Waals surface area contributed by atoms with Gasteiger partial charge in [-0.2, -0.15) is 0 Å². The number of rotatable bonds is 6. The number of hydrogen-bond acceptors (Lipinski definition) is 2. The van der Waals surface area contributed by atoms with E-state index >= 15 is 0 Å². The first-order valence-corrected chi connectivity index (χ1v) is 8.07.